The number of hydrogen-bond acceptors (Lipinski definition) is 4. The number of carbonyl (C=O) groups is 2. The van der Waals surface area contributed by atoms with E-state index in [9.17, 15) is 9.59 Å². The molecule has 0 fully saturated rings. The second-order valence-corrected chi connectivity index (χ2v) is 6.81. The maximum atomic E-state index is 12.7. The van der Waals surface area contributed by atoms with Crippen LogP contribution in [-0.2, 0) is 6.42 Å². The van der Waals surface area contributed by atoms with E-state index < -0.39 is 0 Å². The molecule has 1 aromatic carbocycles. The molecule has 3 aromatic rings. The van der Waals surface area contributed by atoms with Crippen molar-refractivity contribution < 1.29 is 9.59 Å². The van der Waals surface area contributed by atoms with Crippen molar-refractivity contribution >= 4 is 34.6 Å². The van der Waals surface area contributed by atoms with E-state index in [0.717, 1.165) is 16.5 Å². The summed E-state index contributed by atoms with van der Waals surface area (Å²) in [5, 5.41) is 6.24. The maximum Gasteiger partial charge on any atom is 0.321 e. The van der Waals surface area contributed by atoms with Gasteiger partial charge in [-0.25, -0.2) is 9.78 Å². The van der Waals surface area contributed by atoms with Crippen LogP contribution >= 0.6 is 11.3 Å². The molecule has 0 unspecified atom stereocenters. The molecule has 27 heavy (non-hydrogen) atoms. The van der Waals surface area contributed by atoms with Gasteiger partial charge in [0.25, 0.3) is 5.91 Å². The van der Waals surface area contributed by atoms with Crippen LogP contribution in [0.25, 0.3) is 5.13 Å². The summed E-state index contributed by atoms with van der Waals surface area (Å²) < 4.78 is 1.89. The van der Waals surface area contributed by atoms with Gasteiger partial charge in [-0.15, -0.1) is 0 Å². The topological polar surface area (TPSA) is 79.3 Å². The Morgan fingerprint density at radius 1 is 1.19 bits per heavy atom. The number of nitrogens with zero attached hydrogens (tertiary/aromatic N) is 3. The predicted molar refractivity (Wildman–Crippen MR) is 108 cm³/mol. The summed E-state index contributed by atoms with van der Waals surface area (Å²) in [5.74, 6) is -0.185. The van der Waals surface area contributed by atoms with E-state index in [2.05, 4.69) is 15.6 Å². The van der Waals surface area contributed by atoms with Gasteiger partial charge in [0.15, 0.2) is 5.13 Å². The molecule has 7 nitrogen and oxygen atoms in total. The van der Waals surface area contributed by atoms with Crippen LogP contribution in [-0.4, -0.2) is 35.6 Å². The molecule has 3 amide bonds. The molecule has 0 aliphatic heterocycles. The van der Waals surface area contributed by atoms with Crippen molar-refractivity contribution in [3.05, 3.63) is 59.4 Å². The minimum Gasteiger partial charge on any atom is -0.341 e. The Hall–Kier alpha value is -3.13. The lowest BCUT2D eigenvalue weighted by Crippen LogP contribution is -2.34. The molecule has 3 rings (SSSR count). The third-order valence-electron chi connectivity index (χ3n) is 4.08. The quantitative estimate of drug-likeness (QED) is 0.707. The van der Waals surface area contributed by atoms with Gasteiger partial charge in [-0.05, 0) is 42.8 Å². The monoisotopic (exact) mass is 383 g/mol. The van der Waals surface area contributed by atoms with E-state index in [1.54, 1.807) is 38.4 Å². The molecule has 0 saturated heterocycles. The lowest BCUT2D eigenvalue weighted by molar-refractivity contribution is 0.102. The van der Waals surface area contributed by atoms with Gasteiger partial charge >= 0.3 is 6.03 Å². The third-order valence-corrected chi connectivity index (χ3v) is 5.19. The number of anilines is 2. The van der Waals surface area contributed by atoms with Crippen LogP contribution in [0.2, 0.25) is 0 Å². The minimum absolute atomic E-state index is 0.185. The van der Waals surface area contributed by atoms with Crippen LogP contribution in [0.1, 0.15) is 22.3 Å². The molecule has 2 aromatic heterocycles. The largest absolute Gasteiger partial charge is 0.341 e. The highest BCUT2D eigenvalue weighted by atomic mass is 32.1. The second kappa shape index (κ2) is 8.05. The summed E-state index contributed by atoms with van der Waals surface area (Å²) >= 11 is 1.36. The number of rotatable bonds is 5. The van der Waals surface area contributed by atoms with Crippen molar-refractivity contribution in [2.45, 2.75) is 13.3 Å². The Morgan fingerprint density at radius 2 is 1.85 bits per heavy atom. The lowest BCUT2D eigenvalue weighted by Gasteiger charge is -2.17. The lowest BCUT2D eigenvalue weighted by atomic mass is 10.2. The SMILES string of the molecule is CCc1nc(-n2cccc2)sc1C(=O)Nc1ccc(N(C)C(=O)NC)cc1. The Labute approximate surface area is 161 Å². The number of benzene rings is 1. The molecular weight excluding hydrogens is 362 g/mol. The van der Waals surface area contributed by atoms with Crippen molar-refractivity contribution in [2.24, 2.45) is 0 Å². The fourth-order valence-corrected chi connectivity index (χ4v) is 3.59. The zero-order valence-corrected chi connectivity index (χ0v) is 16.2. The average Bonchev–Trinajstić information content (AvgIpc) is 3.36. The molecule has 0 atom stereocenters. The van der Waals surface area contributed by atoms with Crippen LogP contribution in [0.15, 0.2) is 48.8 Å². The highest BCUT2D eigenvalue weighted by molar-refractivity contribution is 7.16. The van der Waals surface area contributed by atoms with Crippen molar-refractivity contribution in [1.82, 2.24) is 14.9 Å². The standard InChI is InChI=1S/C19H21N5O2S/c1-4-15-16(27-19(22-15)24-11-5-6-12-24)17(25)21-13-7-9-14(10-8-13)23(3)18(26)20-2/h5-12H,4H2,1-3H3,(H,20,26)(H,21,25). The number of nitrogens with one attached hydrogen (secondary N) is 2. The molecule has 8 heteroatoms. The second-order valence-electron chi connectivity index (χ2n) is 5.83. The molecular formula is C19H21N5O2S. The zero-order valence-electron chi connectivity index (χ0n) is 15.4. The normalized spacial score (nSPS) is 10.5. The molecule has 0 saturated carbocycles. The number of aryl methyl sites for hydroxylation is 1. The van der Waals surface area contributed by atoms with Crippen LogP contribution in [0.5, 0.6) is 0 Å². The number of urea groups is 1. The first-order valence-electron chi connectivity index (χ1n) is 8.53. The van der Waals surface area contributed by atoms with Crippen molar-refractivity contribution in [1.29, 1.82) is 0 Å². The smallest absolute Gasteiger partial charge is 0.321 e. The molecule has 0 spiro atoms. The Bertz CT molecular complexity index is 932. The molecule has 140 valence electrons. The van der Waals surface area contributed by atoms with E-state index in [1.165, 1.54) is 16.2 Å². The van der Waals surface area contributed by atoms with E-state index in [4.69, 9.17) is 0 Å². The van der Waals surface area contributed by atoms with Gasteiger partial charge in [0.1, 0.15) is 4.88 Å². The first kappa shape index (κ1) is 18.7. The summed E-state index contributed by atoms with van der Waals surface area (Å²) in [5.41, 5.74) is 2.17. The van der Waals surface area contributed by atoms with Gasteiger partial charge in [-0.3, -0.25) is 9.69 Å². The number of amides is 3. The van der Waals surface area contributed by atoms with E-state index in [0.29, 0.717) is 17.0 Å². The summed E-state index contributed by atoms with van der Waals surface area (Å²) in [7, 11) is 3.26. The predicted octanol–water partition coefficient (Wildman–Crippen LogP) is 3.52. The Kier molecular flexibility index (Phi) is 5.56. The van der Waals surface area contributed by atoms with E-state index in [1.807, 2.05) is 36.0 Å². The summed E-state index contributed by atoms with van der Waals surface area (Å²) in [6.07, 6.45) is 4.49. The van der Waals surface area contributed by atoms with Gasteiger partial charge in [0.05, 0.1) is 5.69 Å². The summed E-state index contributed by atoms with van der Waals surface area (Å²) in [4.78, 5) is 31.1. The van der Waals surface area contributed by atoms with Gasteiger partial charge < -0.3 is 15.2 Å². The molecule has 0 bridgehead atoms. The van der Waals surface area contributed by atoms with Gasteiger partial charge in [0.2, 0.25) is 0 Å². The molecule has 0 radical (unpaired) electrons. The fourth-order valence-electron chi connectivity index (χ4n) is 2.57. The highest BCUT2D eigenvalue weighted by Gasteiger charge is 2.18. The van der Waals surface area contributed by atoms with Crippen LogP contribution in [0, 0.1) is 0 Å². The van der Waals surface area contributed by atoms with Gasteiger partial charge in [-0.2, -0.15) is 0 Å². The first-order valence-corrected chi connectivity index (χ1v) is 9.35. The van der Waals surface area contributed by atoms with Crippen molar-refractivity contribution in [3.8, 4) is 5.13 Å². The van der Waals surface area contributed by atoms with E-state index in [-0.39, 0.29) is 11.9 Å². The number of aromatic nitrogens is 2. The van der Waals surface area contributed by atoms with Crippen LogP contribution in [0.4, 0.5) is 16.2 Å². The number of carbonyl (C=O) groups excluding carboxylic acids is 2. The summed E-state index contributed by atoms with van der Waals surface area (Å²) in [6.45, 7) is 1.98. The molecule has 0 aliphatic rings. The van der Waals surface area contributed by atoms with Gasteiger partial charge in [0, 0.05) is 37.9 Å². The third kappa shape index (κ3) is 4.01. The van der Waals surface area contributed by atoms with Crippen molar-refractivity contribution in [2.75, 3.05) is 24.3 Å². The zero-order chi connectivity index (χ0) is 19.4. The van der Waals surface area contributed by atoms with Crippen LogP contribution in [0.3, 0.4) is 0 Å². The van der Waals surface area contributed by atoms with E-state index >= 15 is 0 Å². The number of hydrogen-bond donors (Lipinski definition) is 2. The summed E-state index contributed by atoms with van der Waals surface area (Å²) in [6, 6.07) is 10.7. The molecule has 2 N–H and O–H groups in total. The minimum atomic E-state index is -0.207. The van der Waals surface area contributed by atoms with Crippen LogP contribution < -0.4 is 15.5 Å². The maximum absolute atomic E-state index is 12.7. The molecule has 2 heterocycles. The Morgan fingerprint density at radius 3 is 2.44 bits per heavy atom. The Balaban J connectivity index is 1.76. The highest BCUT2D eigenvalue weighted by Crippen LogP contribution is 2.24. The average molecular weight is 383 g/mol. The van der Waals surface area contributed by atoms with Gasteiger partial charge in [-0.1, -0.05) is 18.3 Å². The first-order chi connectivity index (χ1) is 13.0. The fraction of sp³-hybridized carbons (Fsp3) is 0.211. The molecule has 0 aliphatic carbocycles. The number of thiazole rings is 1. The van der Waals surface area contributed by atoms with Crippen molar-refractivity contribution in [3.63, 3.8) is 0 Å².